The van der Waals surface area contributed by atoms with E-state index in [9.17, 15) is 40.5 Å². The summed E-state index contributed by atoms with van der Waals surface area (Å²) in [7, 11) is 0. The van der Waals surface area contributed by atoms with E-state index in [1.165, 1.54) is 12.1 Å². The van der Waals surface area contributed by atoms with Crippen molar-refractivity contribution >= 4 is 5.78 Å². The van der Waals surface area contributed by atoms with Gasteiger partial charge in [0.2, 0.25) is 6.29 Å². The molecule has 1 saturated heterocycles. The van der Waals surface area contributed by atoms with Gasteiger partial charge in [-0.25, -0.2) is 0 Å². The largest absolute Gasteiger partial charge is 0.508 e. The van der Waals surface area contributed by atoms with Crippen molar-refractivity contribution in [2.24, 2.45) is 0 Å². The van der Waals surface area contributed by atoms with Crippen molar-refractivity contribution in [3.05, 3.63) is 47.5 Å². The van der Waals surface area contributed by atoms with Crippen LogP contribution in [0.15, 0.2) is 36.4 Å². The van der Waals surface area contributed by atoms with E-state index in [1.807, 2.05) is 0 Å². The van der Waals surface area contributed by atoms with Crippen LogP contribution in [0.3, 0.4) is 0 Å². The van der Waals surface area contributed by atoms with Gasteiger partial charge < -0.3 is 45.2 Å². The third kappa shape index (κ3) is 5.06. The minimum atomic E-state index is -1.73. The molecular formula is C21H24O10. The van der Waals surface area contributed by atoms with Crippen LogP contribution in [0.5, 0.6) is 23.0 Å². The van der Waals surface area contributed by atoms with Gasteiger partial charge in [0.1, 0.15) is 53.0 Å². The molecule has 7 N–H and O–H groups in total. The predicted molar refractivity (Wildman–Crippen MR) is 105 cm³/mol. The molecule has 0 bridgehead atoms. The minimum Gasteiger partial charge on any atom is -0.508 e. The molecular weight excluding hydrogens is 412 g/mol. The first-order valence-electron chi connectivity index (χ1n) is 9.55. The van der Waals surface area contributed by atoms with Gasteiger partial charge in [-0.1, -0.05) is 12.1 Å². The molecule has 168 valence electrons. The smallest absolute Gasteiger partial charge is 0.229 e. The van der Waals surface area contributed by atoms with Crippen LogP contribution in [0.2, 0.25) is 0 Å². The van der Waals surface area contributed by atoms with E-state index in [0.717, 1.165) is 17.7 Å². The highest BCUT2D eigenvalue weighted by atomic mass is 16.7. The topological polar surface area (TPSA) is 177 Å². The Balaban J connectivity index is 1.82. The molecule has 3 rings (SSSR count). The molecule has 1 aliphatic heterocycles. The summed E-state index contributed by atoms with van der Waals surface area (Å²) in [6.45, 7) is -0.672. The maximum atomic E-state index is 12.8. The van der Waals surface area contributed by atoms with Gasteiger partial charge in [-0.15, -0.1) is 0 Å². The molecule has 2 aromatic rings. The van der Waals surface area contributed by atoms with Gasteiger partial charge in [-0.2, -0.15) is 0 Å². The number of phenols is 3. The first-order valence-corrected chi connectivity index (χ1v) is 9.55. The summed E-state index contributed by atoms with van der Waals surface area (Å²) >= 11 is 0. The predicted octanol–water partition coefficient (Wildman–Crippen LogP) is -0.202. The van der Waals surface area contributed by atoms with Crippen LogP contribution in [0.1, 0.15) is 22.3 Å². The lowest BCUT2D eigenvalue weighted by Gasteiger charge is -2.39. The summed E-state index contributed by atoms with van der Waals surface area (Å²) < 4.78 is 10.7. The number of rotatable bonds is 7. The first kappa shape index (κ1) is 22.8. The number of aryl methyl sites for hydroxylation is 1. The lowest BCUT2D eigenvalue weighted by Crippen LogP contribution is -2.60. The second-order valence-electron chi connectivity index (χ2n) is 7.24. The van der Waals surface area contributed by atoms with E-state index in [4.69, 9.17) is 9.47 Å². The van der Waals surface area contributed by atoms with E-state index < -0.39 is 54.6 Å². The zero-order chi connectivity index (χ0) is 22.7. The number of phenolic OH excluding ortho intramolecular Hbond substituents is 3. The molecule has 4 unspecified atom stereocenters. The maximum absolute atomic E-state index is 12.8. The van der Waals surface area contributed by atoms with Crippen molar-refractivity contribution in [3.8, 4) is 23.0 Å². The van der Waals surface area contributed by atoms with Gasteiger partial charge >= 0.3 is 0 Å². The molecule has 5 atom stereocenters. The molecule has 1 aliphatic rings. The molecule has 31 heavy (non-hydrogen) atoms. The van der Waals surface area contributed by atoms with Crippen molar-refractivity contribution in [1.29, 1.82) is 0 Å². The van der Waals surface area contributed by atoms with Gasteiger partial charge in [0.05, 0.1) is 6.61 Å². The Morgan fingerprint density at radius 3 is 2.26 bits per heavy atom. The zero-order valence-electron chi connectivity index (χ0n) is 16.3. The van der Waals surface area contributed by atoms with E-state index in [0.29, 0.717) is 6.42 Å². The number of aromatic hydroxyl groups is 3. The van der Waals surface area contributed by atoms with E-state index >= 15 is 0 Å². The SMILES string of the molecule is O=C(CCc1ccc(O)cc1)c1c(O)cc(O)cc1O[C@H]1OC(CO)C(O)C(O)C1O. The Labute approximate surface area is 177 Å². The van der Waals surface area contributed by atoms with Crippen LogP contribution in [0.4, 0.5) is 0 Å². The highest BCUT2D eigenvalue weighted by molar-refractivity contribution is 6.01. The Morgan fingerprint density at radius 1 is 0.935 bits per heavy atom. The number of aliphatic hydroxyl groups is 4. The molecule has 0 spiro atoms. The number of carbonyl (C=O) groups is 1. The zero-order valence-corrected chi connectivity index (χ0v) is 16.3. The van der Waals surface area contributed by atoms with Crippen LogP contribution in [0.25, 0.3) is 0 Å². The monoisotopic (exact) mass is 436 g/mol. The summed E-state index contributed by atoms with van der Waals surface area (Å²) in [5.74, 6) is -1.74. The van der Waals surface area contributed by atoms with Crippen molar-refractivity contribution in [1.82, 2.24) is 0 Å². The Morgan fingerprint density at radius 2 is 1.61 bits per heavy atom. The molecule has 2 aromatic carbocycles. The molecule has 1 fully saturated rings. The van der Waals surface area contributed by atoms with Crippen molar-refractivity contribution in [2.75, 3.05) is 6.61 Å². The molecule has 10 nitrogen and oxygen atoms in total. The fourth-order valence-corrected chi connectivity index (χ4v) is 3.30. The second kappa shape index (κ2) is 9.50. The number of carbonyl (C=O) groups excluding carboxylic acids is 1. The average Bonchev–Trinajstić information content (AvgIpc) is 2.73. The van der Waals surface area contributed by atoms with Crippen LogP contribution < -0.4 is 4.74 Å². The van der Waals surface area contributed by atoms with E-state index in [-0.39, 0.29) is 23.5 Å². The number of aliphatic hydroxyl groups excluding tert-OH is 4. The normalized spacial score (nSPS) is 25.9. The lowest BCUT2D eigenvalue weighted by atomic mass is 9.99. The number of hydrogen-bond donors (Lipinski definition) is 7. The molecule has 1 heterocycles. The number of ether oxygens (including phenoxy) is 2. The third-order valence-corrected chi connectivity index (χ3v) is 5.01. The minimum absolute atomic E-state index is 0.0475. The number of benzene rings is 2. The fourth-order valence-electron chi connectivity index (χ4n) is 3.30. The highest BCUT2D eigenvalue weighted by Gasteiger charge is 2.45. The fraction of sp³-hybridized carbons (Fsp3) is 0.381. The summed E-state index contributed by atoms with van der Waals surface area (Å²) in [5, 5.41) is 68.6. The quantitative estimate of drug-likeness (QED) is 0.288. The van der Waals surface area contributed by atoms with Crippen molar-refractivity contribution in [2.45, 2.75) is 43.5 Å². The highest BCUT2D eigenvalue weighted by Crippen LogP contribution is 2.36. The van der Waals surface area contributed by atoms with Crippen LogP contribution in [-0.2, 0) is 11.2 Å². The maximum Gasteiger partial charge on any atom is 0.229 e. The van der Waals surface area contributed by atoms with Gasteiger partial charge in [0.25, 0.3) is 0 Å². The molecule has 0 aromatic heterocycles. The Bertz CT molecular complexity index is 911. The number of hydrogen-bond acceptors (Lipinski definition) is 10. The van der Waals surface area contributed by atoms with Crippen LogP contribution in [-0.4, -0.2) is 78.8 Å². The number of Topliss-reactive ketones (excluding diaryl/α,β-unsaturated/α-hetero) is 1. The van der Waals surface area contributed by atoms with Gasteiger partial charge in [0.15, 0.2) is 5.78 Å². The van der Waals surface area contributed by atoms with Gasteiger partial charge in [-0.3, -0.25) is 4.79 Å². The van der Waals surface area contributed by atoms with Crippen molar-refractivity contribution < 1.29 is 50.0 Å². The Kier molecular flexibility index (Phi) is 6.98. The lowest BCUT2D eigenvalue weighted by molar-refractivity contribution is -0.277. The van der Waals surface area contributed by atoms with Crippen molar-refractivity contribution in [3.63, 3.8) is 0 Å². The third-order valence-electron chi connectivity index (χ3n) is 5.01. The standard InChI is InChI=1S/C21H24O10/c22-9-16-18(27)19(28)20(29)21(31-16)30-15-8-12(24)7-14(26)17(15)13(25)6-3-10-1-4-11(23)5-2-10/h1-2,4-5,7-8,16,18-24,26-29H,3,6,9H2/t16?,18?,19?,20?,21-/m0/s1. The average molecular weight is 436 g/mol. The first-order chi connectivity index (χ1) is 14.7. The molecule has 0 saturated carbocycles. The van der Waals surface area contributed by atoms with E-state index in [1.54, 1.807) is 12.1 Å². The molecule has 0 radical (unpaired) electrons. The van der Waals surface area contributed by atoms with Crippen LogP contribution in [0, 0.1) is 0 Å². The Hall–Kier alpha value is -2.89. The second-order valence-corrected chi connectivity index (χ2v) is 7.24. The summed E-state index contributed by atoms with van der Waals surface area (Å²) in [5.41, 5.74) is 0.495. The van der Waals surface area contributed by atoms with Gasteiger partial charge in [0, 0.05) is 18.6 Å². The summed E-state index contributed by atoms with van der Waals surface area (Å²) in [4.78, 5) is 12.8. The van der Waals surface area contributed by atoms with Crippen LogP contribution >= 0.6 is 0 Å². The summed E-state index contributed by atoms with van der Waals surface area (Å²) in [6, 6.07) is 8.23. The van der Waals surface area contributed by atoms with Gasteiger partial charge in [-0.05, 0) is 24.1 Å². The summed E-state index contributed by atoms with van der Waals surface area (Å²) in [6.07, 6.45) is -7.61. The van der Waals surface area contributed by atoms with E-state index in [2.05, 4.69) is 0 Å². The number of ketones is 1. The molecule has 0 aliphatic carbocycles. The molecule has 10 heteroatoms. The molecule has 0 amide bonds.